The van der Waals surface area contributed by atoms with Gasteiger partial charge in [-0.1, -0.05) is 86.6 Å². The molecule has 1 atom stereocenters. The number of benzene rings is 4. The van der Waals surface area contributed by atoms with Gasteiger partial charge in [0.25, 0.3) is 5.91 Å². The first-order valence-electron chi connectivity index (χ1n) is 13.5. The lowest BCUT2D eigenvalue weighted by atomic mass is 10.0. The fourth-order valence-corrected chi connectivity index (χ4v) is 5.15. The summed E-state index contributed by atoms with van der Waals surface area (Å²) in [5.41, 5.74) is 2.36. The van der Waals surface area contributed by atoms with Crippen molar-refractivity contribution < 1.29 is 18.8 Å². The van der Waals surface area contributed by atoms with Crippen molar-refractivity contribution in [1.29, 1.82) is 0 Å². The standard InChI is InChI=1S/C33H32FN3O3/c1-22(2)19-35-32(39)29(18-23-10-4-3-5-11-23)36(20-25-12-6-7-16-27(25)34)30(38)21-37-28-17-9-14-24-13-8-15-26(31(24)28)33(37)40/h3-17,22,29H,18-21H2,1-2H3,(H,35,39). The number of carbonyl (C=O) groups excluding carboxylic acids is 3. The molecule has 1 N–H and O–H groups in total. The van der Waals surface area contributed by atoms with E-state index in [9.17, 15) is 18.8 Å². The van der Waals surface area contributed by atoms with Gasteiger partial charge >= 0.3 is 0 Å². The van der Waals surface area contributed by atoms with Gasteiger partial charge in [0.2, 0.25) is 11.8 Å². The molecule has 0 spiro atoms. The summed E-state index contributed by atoms with van der Waals surface area (Å²) in [5, 5.41) is 4.68. The Morgan fingerprint density at radius 3 is 2.33 bits per heavy atom. The third-order valence-electron chi connectivity index (χ3n) is 7.20. The molecule has 204 valence electrons. The first kappa shape index (κ1) is 27.1. The highest BCUT2D eigenvalue weighted by molar-refractivity contribution is 6.26. The summed E-state index contributed by atoms with van der Waals surface area (Å²) >= 11 is 0. The van der Waals surface area contributed by atoms with Crippen molar-refractivity contribution in [2.45, 2.75) is 32.9 Å². The first-order valence-corrected chi connectivity index (χ1v) is 13.5. The SMILES string of the molecule is CC(C)CNC(=O)C(Cc1ccccc1)N(Cc1ccccc1F)C(=O)CN1C(=O)c2cccc3cccc1c23. The second-order valence-corrected chi connectivity index (χ2v) is 10.5. The number of rotatable bonds is 10. The molecule has 0 bridgehead atoms. The predicted octanol–water partition coefficient (Wildman–Crippen LogP) is 5.35. The van der Waals surface area contributed by atoms with Crippen molar-refractivity contribution in [3.63, 3.8) is 0 Å². The van der Waals surface area contributed by atoms with E-state index in [0.717, 1.165) is 16.3 Å². The van der Waals surface area contributed by atoms with E-state index in [-0.39, 0.29) is 37.2 Å². The van der Waals surface area contributed by atoms with E-state index in [1.165, 1.54) is 15.9 Å². The van der Waals surface area contributed by atoms with E-state index in [4.69, 9.17) is 0 Å². The van der Waals surface area contributed by atoms with Gasteiger partial charge in [-0.25, -0.2) is 4.39 Å². The van der Waals surface area contributed by atoms with Crippen LogP contribution in [-0.4, -0.2) is 41.8 Å². The van der Waals surface area contributed by atoms with Gasteiger partial charge in [0.15, 0.2) is 0 Å². The fourth-order valence-electron chi connectivity index (χ4n) is 5.15. The van der Waals surface area contributed by atoms with Gasteiger partial charge in [-0.2, -0.15) is 0 Å². The van der Waals surface area contributed by atoms with Crippen molar-refractivity contribution in [2.75, 3.05) is 18.0 Å². The van der Waals surface area contributed by atoms with Gasteiger partial charge in [-0.15, -0.1) is 0 Å². The largest absolute Gasteiger partial charge is 0.354 e. The Balaban J connectivity index is 1.51. The second kappa shape index (κ2) is 11.7. The van der Waals surface area contributed by atoms with Crippen LogP contribution in [0.3, 0.4) is 0 Å². The van der Waals surface area contributed by atoms with Crippen molar-refractivity contribution in [1.82, 2.24) is 10.2 Å². The molecule has 1 aliphatic heterocycles. The van der Waals surface area contributed by atoms with E-state index < -0.39 is 17.8 Å². The van der Waals surface area contributed by atoms with Crippen LogP contribution in [0.2, 0.25) is 0 Å². The zero-order valence-corrected chi connectivity index (χ0v) is 22.6. The Morgan fingerprint density at radius 2 is 1.60 bits per heavy atom. The molecule has 0 radical (unpaired) electrons. The van der Waals surface area contributed by atoms with Crippen LogP contribution < -0.4 is 10.2 Å². The van der Waals surface area contributed by atoms with E-state index in [1.807, 2.05) is 74.5 Å². The van der Waals surface area contributed by atoms with Crippen LogP contribution in [0.5, 0.6) is 0 Å². The number of halogens is 1. The van der Waals surface area contributed by atoms with Crippen LogP contribution in [0, 0.1) is 11.7 Å². The molecule has 0 saturated carbocycles. The molecular formula is C33H32FN3O3. The van der Waals surface area contributed by atoms with E-state index in [2.05, 4.69) is 5.32 Å². The fraction of sp³-hybridized carbons (Fsp3) is 0.242. The summed E-state index contributed by atoms with van der Waals surface area (Å²) in [4.78, 5) is 44.1. The molecule has 1 heterocycles. The number of amides is 3. The smallest absolute Gasteiger partial charge is 0.259 e. The number of carbonyl (C=O) groups is 3. The van der Waals surface area contributed by atoms with Gasteiger partial charge in [-0.05, 0) is 35.1 Å². The maximum Gasteiger partial charge on any atom is 0.259 e. The molecule has 6 nitrogen and oxygen atoms in total. The zero-order chi connectivity index (χ0) is 28.2. The van der Waals surface area contributed by atoms with E-state index >= 15 is 0 Å². The second-order valence-electron chi connectivity index (χ2n) is 10.5. The maximum atomic E-state index is 14.9. The van der Waals surface area contributed by atoms with Crippen LogP contribution in [0.15, 0.2) is 91.0 Å². The van der Waals surface area contributed by atoms with Gasteiger partial charge in [0, 0.05) is 36.0 Å². The third-order valence-corrected chi connectivity index (χ3v) is 7.20. The molecule has 0 fully saturated rings. The minimum Gasteiger partial charge on any atom is -0.354 e. The highest BCUT2D eigenvalue weighted by Crippen LogP contribution is 2.37. The Labute approximate surface area is 233 Å². The highest BCUT2D eigenvalue weighted by Gasteiger charge is 2.36. The van der Waals surface area contributed by atoms with Crippen molar-refractivity contribution in [3.8, 4) is 0 Å². The molecule has 5 rings (SSSR count). The summed E-state index contributed by atoms with van der Waals surface area (Å²) < 4.78 is 14.9. The lowest BCUT2D eigenvalue weighted by molar-refractivity contribution is -0.140. The molecule has 0 aromatic heterocycles. The van der Waals surface area contributed by atoms with E-state index in [0.29, 0.717) is 23.4 Å². The summed E-state index contributed by atoms with van der Waals surface area (Å²) in [5.74, 6) is -1.29. The zero-order valence-electron chi connectivity index (χ0n) is 22.6. The molecule has 1 unspecified atom stereocenters. The van der Waals surface area contributed by atoms with Crippen LogP contribution in [0.25, 0.3) is 10.8 Å². The minimum atomic E-state index is -0.913. The lowest BCUT2D eigenvalue weighted by Gasteiger charge is -2.33. The Morgan fingerprint density at radius 1 is 0.900 bits per heavy atom. The number of anilines is 1. The summed E-state index contributed by atoms with van der Waals surface area (Å²) in [6.45, 7) is 4.03. The van der Waals surface area contributed by atoms with Gasteiger partial charge < -0.3 is 10.2 Å². The van der Waals surface area contributed by atoms with Crippen LogP contribution >= 0.6 is 0 Å². The van der Waals surface area contributed by atoms with Gasteiger partial charge in [-0.3, -0.25) is 19.3 Å². The third kappa shape index (κ3) is 5.59. The molecule has 7 heteroatoms. The van der Waals surface area contributed by atoms with Crippen LogP contribution in [0.1, 0.15) is 35.3 Å². The summed E-state index contributed by atoms with van der Waals surface area (Å²) in [6, 6.07) is 25.9. The number of hydrogen-bond donors (Lipinski definition) is 1. The Bertz CT molecular complexity index is 1550. The summed E-state index contributed by atoms with van der Waals surface area (Å²) in [6.07, 6.45) is 0.245. The number of nitrogens with one attached hydrogen (secondary N) is 1. The first-order chi connectivity index (χ1) is 19.3. The minimum absolute atomic E-state index is 0.114. The molecule has 0 aliphatic carbocycles. The number of hydrogen-bond acceptors (Lipinski definition) is 3. The Kier molecular flexibility index (Phi) is 7.91. The van der Waals surface area contributed by atoms with Crippen LogP contribution in [-0.2, 0) is 22.6 Å². The molecule has 40 heavy (non-hydrogen) atoms. The molecule has 0 saturated heterocycles. The monoisotopic (exact) mass is 537 g/mol. The molecule has 3 amide bonds. The molecule has 1 aliphatic rings. The van der Waals surface area contributed by atoms with Gasteiger partial charge in [0.1, 0.15) is 18.4 Å². The maximum absolute atomic E-state index is 14.9. The van der Waals surface area contributed by atoms with E-state index in [1.54, 1.807) is 24.3 Å². The topological polar surface area (TPSA) is 69.7 Å². The average Bonchev–Trinajstić information content (AvgIpc) is 3.23. The highest BCUT2D eigenvalue weighted by atomic mass is 19.1. The van der Waals surface area contributed by atoms with Crippen LogP contribution in [0.4, 0.5) is 10.1 Å². The normalized spacial score (nSPS) is 13.1. The lowest BCUT2D eigenvalue weighted by Crippen LogP contribution is -2.53. The number of nitrogens with zero attached hydrogens (tertiary/aromatic N) is 2. The average molecular weight is 538 g/mol. The Hall–Kier alpha value is -4.52. The van der Waals surface area contributed by atoms with Crippen molar-refractivity contribution in [3.05, 3.63) is 114 Å². The molecule has 4 aromatic rings. The van der Waals surface area contributed by atoms with Crippen molar-refractivity contribution >= 4 is 34.2 Å². The quantitative estimate of drug-likeness (QED) is 0.297. The molecular weight excluding hydrogens is 505 g/mol. The van der Waals surface area contributed by atoms with Crippen molar-refractivity contribution in [2.24, 2.45) is 5.92 Å². The molecule has 4 aromatic carbocycles. The van der Waals surface area contributed by atoms with Gasteiger partial charge in [0.05, 0.1) is 5.69 Å². The summed E-state index contributed by atoms with van der Waals surface area (Å²) in [7, 11) is 0. The predicted molar refractivity (Wildman–Crippen MR) is 154 cm³/mol.